The average Bonchev–Trinajstić information content (AvgIpc) is 2.63. The molecule has 1 fully saturated rings. The number of hydrogen-bond acceptors (Lipinski definition) is 3. The second-order valence-electron chi connectivity index (χ2n) is 6.61. The minimum Gasteiger partial charge on any atom is -0.351 e. The molecule has 5 nitrogen and oxygen atoms in total. The van der Waals surface area contributed by atoms with Gasteiger partial charge in [0.05, 0.1) is 5.56 Å². The molecular weight excluding hydrogens is 302 g/mol. The maximum absolute atomic E-state index is 12.5. The normalized spacial score (nSPS) is 15.8. The fourth-order valence-electron chi connectivity index (χ4n) is 3.54. The number of H-pyrrole nitrogens is 1. The number of likely N-dealkylation sites (N-methyl/N-ethyl adjacent to an activating group) is 1. The van der Waals surface area contributed by atoms with Gasteiger partial charge in [0.15, 0.2) is 0 Å². The van der Waals surface area contributed by atoms with E-state index in [1.165, 1.54) is 38.3 Å². The highest BCUT2D eigenvalue weighted by atomic mass is 16.1. The van der Waals surface area contributed by atoms with E-state index >= 15 is 0 Å². The summed E-state index contributed by atoms with van der Waals surface area (Å²) in [6, 6.07) is 7.84. The van der Waals surface area contributed by atoms with Crippen LogP contribution in [0.5, 0.6) is 0 Å². The van der Waals surface area contributed by atoms with Crippen molar-refractivity contribution in [2.75, 3.05) is 20.1 Å². The van der Waals surface area contributed by atoms with Gasteiger partial charge in [0.2, 0.25) is 0 Å². The highest BCUT2D eigenvalue weighted by Crippen LogP contribution is 2.21. The van der Waals surface area contributed by atoms with Gasteiger partial charge in [0.25, 0.3) is 11.5 Å². The van der Waals surface area contributed by atoms with Crippen LogP contribution in [0, 0.1) is 0 Å². The number of rotatable bonds is 5. The number of nitrogens with one attached hydrogen (secondary N) is 2. The lowest BCUT2D eigenvalue weighted by Crippen LogP contribution is -2.39. The molecule has 1 aliphatic carbocycles. The van der Waals surface area contributed by atoms with Crippen LogP contribution in [0.25, 0.3) is 10.8 Å². The predicted molar refractivity (Wildman–Crippen MR) is 96.4 cm³/mol. The van der Waals surface area contributed by atoms with Crippen molar-refractivity contribution in [2.45, 2.75) is 38.1 Å². The van der Waals surface area contributed by atoms with E-state index in [1.807, 2.05) is 12.1 Å². The second-order valence-corrected chi connectivity index (χ2v) is 6.61. The lowest BCUT2D eigenvalue weighted by Gasteiger charge is -2.31. The maximum atomic E-state index is 12.5. The van der Waals surface area contributed by atoms with Gasteiger partial charge in [0.1, 0.15) is 0 Å². The zero-order valence-electron chi connectivity index (χ0n) is 14.2. The molecule has 0 aliphatic heterocycles. The van der Waals surface area contributed by atoms with Gasteiger partial charge >= 0.3 is 0 Å². The zero-order chi connectivity index (χ0) is 16.9. The van der Waals surface area contributed by atoms with Crippen LogP contribution < -0.4 is 10.9 Å². The first-order valence-electron chi connectivity index (χ1n) is 8.75. The minimum atomic E-state index is -0.167. The number of aromatic amines is 1. The number of fused-ring (bicyclic) bond motifs is 1. The Kier molecular flexibility index (Phi) is 5.30. The Morgan fingerprint density at radius 1 is 1.21 bits per heavy atom. The van der Waals surface area contributed by atoms with Crippen LogP contribution >= 0.6 is 0 Å². The van der Waals surface area contributed by atoms with Gasteiger partial charge in [-0.2, -0.15) is 0 Å². The molecule has 128 valence electrons. The van der Waals surface area contributed by atoms with Crippen LogP contribution in [0.4, 0.5) is 0 Å². The van der Waals surface area contributed by atoms with Crippen molar-refractivity contribution >= 4 is 16.7 Å². The first-order valence-corrected chi connectivity index (χ1v) is 8.75. The van der Waals surface area contributed by atoms with Gasteiger partial charge in [-0.3, -0.25) is 9.59 Å². The highest BCUT2D eigenvalue weighted by molar-refractivity contribution is 6.06. The quantitative estimate of drug-likeness (QED) is 0.887. The van der Waals surface area contributed by atoms with E-state index in [0.29, 0.717) is 28.9 Å². The molecule has 1 amide bonds. The van der Waals surface area contributed by atoms with Gasteiger partial charge < -0.3 is 15.2 Å². The zero-order valence-corrected chi connectivity index (χ0v) is 14.2. The molecule has 24 heavy (non-hydrogen) atoms. The Morgan fingerprint density at radius 2 is 1.92 bits per heavy atom. The molecule has 0 spiro atoms. The Balaban J connectivity index is 1.61. The van der Waals surface area contributed by atoms with Crippen molar-refractivity contribution in [1.82, 2.24) is 15.2 Å². The third-order valence-electron chi connectivity index (χ3n) is 5.00. The Labute approximate surface area is 142 Å². The smallest absolute Gasteiger partial charge is 0.255 e. The Hall–Kier alpha value is -2.14. The Bertz CT molecular complexity index is 763. The number of aromatic nitrogens is 1. The fourth-order valence-corrected chi connectivity index (χ4v) is 3.54. The van der Waals surface area contributed by atoms with Crippen LogP contribution in [-0.2, 0) is 0 Å². The molecule has 1 aromatic carbocycles. The first-order chi connectivity index (χ1) is 11.7. The van der Waals surface area contributed by atoms with Gasteiger partial charge in [-0.05, 0) is 26.0 Å². The summed E-state index contributed by atoms with van der Waals surface area (Å²) in [7, 11) is 2.14. The minimum absolute atomic E-state index is 0.139. The number of nitrogens with zero attached hydrogens (tertiary/aromatic N) is 1. The third-order valence-corrected chi connectivity index (χ3v) is 5.00. The van der Waals surface area contributed by atoms with E-state index in [2.05, 4.69) is 22.2 Å². The number of carbonyl (C=O) groups is 1. The van der Waals surface area contributed by atoms with Crippen molar-refractivity contribution in [3.8, 4) is 0 Å². The maximum Gasteiger partial charge on any atom is 0.255 e. The number of benzene rings is 1. The summed E-state index contributed by atoms with van der Waals surface area (Å²) in [6.45, 7) is 1.46. The lowest BCUT2D eigenvalue weighted by atomic mass is 9.94. The van der Waals surface area contributed by atoms with E-state index in [9.17, 15) is 9.59 Å². The predicted octanol–water partition coefficient (Wildman–Crippen LogP) is 2.52. The summed E-state index contributed by atoms with van der Waals surface area (Å²) >= 11 is 0. The molecule has 0 radical (unpaired) electrons. The molecule has 5 heteroatoms. The lowest BCUT2D eigenvalue weighted by molar-refractivity contribution is 0.0946. The van der Waals surface area contributed by atoms with Crippen molar-refractivity contribution < 1.29 is 4.79 Å². The van der Waals surface area contributed by atoms with Crippen LogP contribution in [0.3, 0.4) is 0 Å². The SMILES string of the molecule is CN(CCNC(=O)c1c[nH]c(=O)c2ccccc12)C1CCCCC1. The van der Waals surface area contributed by atoms with Gasteiger partial charge in [-0.1, -0.05) is 37.5 Å². The molecule has 1 aliphatic rings. The summed E-state index contributed by atoms with van der Waals surface area (Å²) in [5.41, 5.74) is 0.352. The van der Waals surface area contributed by atoms with Gasteiger partial charge in [0, 0.05) is 36.1 Å². The van der Waals surface area contributed by atoms with Crippen LogP contribution in [0.15, 0.2) is 35.3 Å². The standard InChI is InChI=1S/C19H25N3O2/c1-22(14-7-3-2-4-8-14)12-11-20-19(24)17-13-21-18(23)16-10-6-5-9-15(16)17/h5-6,9-10,13-14H,2-4,7-8,11-12H2,1H3,(H,20,24)(H,21,23). The van der Waals surface area contributed by atoms with Crippen molar-refractivity contribution in [1.29, 1.82) is 0 Å². The average molecular weight is 327 g/mol. The summed E-state index contributed by atoms with van der Waals surface area (Å²) in [5, 5.41) is 4.22. The van der Waals surface area contributed by atoms with Crippen LogP contribution in [-0.4, -0.2) is 42.0 Å². The monoisotopic (exact) mass is 327 g/mol. The Morgan fingerprint density at radius 3 is 2.67 bits per heavy atom. The topological polar surface area (TPSA) is 65.2 Å². The largest absolute Gasteiger partial charge is 0.351 e. The molecule has 0 saturated heterocycles. The number of pyridine rings is 1. The summed E-state index contributed by atoms with van der Waals surface area (Å²) in [4.78, 5) is 29.3. The molecule has 1 aromatic heterocycles. The molecule has 1 saturated carbocycles. The van der Waals surface area contributed by atoms with E-state index in [4.69, 9.17) is 0 Å². The van der Waals surface area contributed by atoms with Crippen molar-refractivity contribution in [3.63, 3.8) is 0 Å². The fraction of sp³-hybridized carbons (Fsp3) is 0.474. The number of carbonyl (C=O) groups excluding carboxylic acids is 1. The summed E-state index contributed by atoms with van der Waals surface area (Å²) < 4.78 is 0. The second kappa shape index (κ2) is 7.62. The molecule has 1 heterocycles. The third kappa shape index (κ3) is 3.67. The number of hydrogen-bond donors (Lipinski definition) is 2. The van der Waals surface area contributed by atoms with E-state index in [-0.39, 0.29) is 11.5 Å². The highest BCUT2D eigenvalue weighted by Gasteiger charge is 2.18. The summed E-state index contributed by atoms with van der Waals surface area (Å²) in [5.74, 6) is -0.139. The van der Waals surface area contributed by atoms with Crippen LogP contribution in [0.1, 0.15) is 42.5 Å². The van der Waals surface area contributed by atoms with E-state index < -0.39 is 0 Å². The molecule has 0 atom stereocenters. The molecule has 2 N–H and O–H groups in total. The summed E-state index contributed by atoms with van der Waals surface area (Å²) in [6.07, 6.45) is 7.99. The molecule has 0 bridgehead atoms. The molecular formula is C19H25N3O2. The number of amides is 1. The van der Waals surface area contributed by atoms with E-state index in [0.717, 1.165) is 6.54 Å². The van der Waals surface area contributed by atoms with Crippen molar-refractivity contribution in [2.24, 2.45) is 0 Å². The molecule has 2 aromatic rings. The van der Waals surface area contributed by atoms with E-state index in [1.54, 1.807) is 12.1 Å². The van der Waals surface area contributed by atoms with Gasteiger partial charge in [-0.25, -0.2) is 0 Å². The van der Waals surface area contributed by atoms with Crippen LogP contribution in [0.2, 0.25) is 0 Å². The van der Waals surface area contributed by atoms with Crippen molar-refractivity contribution in [3.05, 3.63) is 46.4 Å². The van der Waals surface area contributed by atoms with Gasteiger partial charge in [-0.15, -0.1) is 0 Å². The molecule has 0 unspecified atom stereocenters. The molecule has 3 rings (SSSR count). The first kappa shape index (κ1) is 16.7.